The van der Waals surface area contributed by atoms with E-state index >= 15 is 0 Å². The fourth-order valence-electron chi connectivity index (χ4n) is 1.78. The molecule has 1 aliphatic rings. The van der Waals surface area contributed by atoms with E-state index in [1.165, 1.54) is 0 Å². The van der Waals surface area contributed by atoms with Crippen LogP contribution in [0.5, 0.6) is 0 Å². The zero-order valence-electron chi connectivity index (χ0n) is 9.68. The molecule has 3 N–H and O–H groups in total. The third-order valence-electron chi connectivity index (χ3n) is 3.26. The first-order chi connectivity index (χ1) is 6.57. The Balaban J connectivity index is 2.30. The zero-order chi connectivity index (χ0) is 10.6. The summed E-state index contributed by atoms with van der Waals surface area (Å²) in [5, 5.41) is 3.59. The summed E-state index contributed by atoms with van der Waals surface area (Å²) in [6.07, 6.45) is 1.11. The average Bonchev–Trinajstić information content (AvgIpc) is 2.53. The van der Waals surface area contributed by atoms with Crippen LogP contribution < -0.4 is 11.1 Å². The minimum Gasteiger partial charge on any atom is -0.379 e. The van der Waals surface area contributed by atoms with Crippen molar-refractivity contribution in [3.8, 4) is 0 Å². The molecule has 0 spiro atoms. The van der Waals surface area contributed by atoms with Crippen LogP contribution in [0.3, 0.4) is 0 Å². The first kappa shape index (κ1) is 12.0. The van der Waals surface area contributed by atoms with Crippen LogP contribution in [0.1, 0.15) is 27.2 Å². The predicted molar refractivity (Wildman–Crippen MR) is 59.2 cm³/mol. The topological polar surface area (TPSA) is 47.3 Å². The van der Waals surface area contributed by atoms with Crippen molar-refractivity contribution in [1.82, 2.24) is 5.32 Å². The normalized spacial score (nSPS) is 29.8. The van der Waals surface area contributed by atoms with E-state index in [4.69, 9.17) is 10.5 Å². The lowest BCUT2D eigenvalue weighted by Gasteiger charge is -2.28. The standard InChI is InChI=1S/C11H24N2O/c1-9(2)10(6-12)7-13-11(3)4-5-14-8-11/h9-10,13H,4-8,12H2,1-3H3. The van der Waals surface area contributed by atoms with Crippen LogP contribution in [0, 0.1) is 11.8 Å². The first-order valence-electron chi connectivity index (χ1n) is 5.60. The van der Waals surface area contributed by atoms with Crippen LogP contribution in [0.4, 0.5) is 0 Å². The SMILES string of the molecule is CC(C)C(CN)CNC1(C)CCOC1. The lowest BCUT2D eigenvalue weighted by Crippen LogP contribution is -2.46. The van der Waals surface area contributed by atoms with Crippen LogP contribution in [-0.2, 0) is 4.74 Å². The molecule has 0 amide bonds. The number of ether oxygens (including phenoxy) is 1. The van der Waals surface area contributed by atoms with Crippen LogP contribution in [-0.4, -0.2) is 31.8 Å². The molecule has 2 atom stereocenters. The van der Waals surface area contributed by atoms with Crippen molar-refractivity contribution in [2.75, 3.05) is 26.3 Å². The van der Waals surface area contributed by atoms with Crippen molar-refractivity contribution in [3.05, 3.63) is 0 Å². The fraction of sp³-hybridized carbons (Fsp3) is 1.00. The molecular weight excluding hydrogens is 176 g/mol. The molecule has 0 aromatic heterocycles. The largest absolute Gasteiger partial charge is 0.379 e. The minimum atomic E-state index is 0.183. The minimum absolute atomic E-state index is 0.183. The van der Waals surface area contributed by atoms with Crippen LogP contribution >= 0.6 is 0 Å². The molecule has 14 heavy (non-hydrogen) atoms. The Morgan fingerprint density at radius 2 is 2.21 bits per heavy atom. The number of hydrogen-bond donors (Lipinski definition) is 2. The van der Waals surface area contributed by atoms with Crippen molar-refractivity contribution in [2.45, 2.75) is 32.7 Å². The number of rotatable bonds is 5. The predicted octanol–water partition coefficient (Wildman–Crippen LogP) is 0.986. The Kier molecular flexibility index (Phi) is 4.35. The summed E-state index contributed by atoms with van der Waals surface area (Å²) in [4.78, 5) is 0. The molecule has 2 unspecified atom stereocenters. The molecule has 0 aromatic rings. The van der Waals surface area contributed by atoms with Gasteiger partial charge in [-0.25, -0.2) is 0 Å². The third kappa shape index (κ3) is 3.23. The Morgan fingerprint density at radius 1 is 1.50 bits per heavy atom. The van der Waals surface area contributed by atoms with Gasteiger partial charge in [0.25, 0.3) is 0 Å². The molecule has 3 nitrogen and oxygen atoms in total. The first-order valence-corrected chi connectivity index (χ1v) is 5.60. The number of nitrogens with one attached hydrogen (secondary N) is 1. The molecular formula is C11H24N2O. The number of hydrogen-bond acceptors (Lipinski definition) is 3. The second-order valence-electron chi connectivity index (χ2n) is 4.98. The van der Waals surface area contributed by atoms with E-state index in [0.717, 1.165) is 32.7 Å². The highest BCUT2D eigenvalue weighted by molar-refractivity contribution is 4.87. The zero-order valence-corrected chi connectivity index (χ0v) is 9.68. The lowest BCUT2D eigenvalue weighted by atomic mass is 9.93. The van der Waals surface area contributed by atoms with Crippen LogP contribution in [0.25, 0.3) is 0 Å². The van der Waals surface area contributed by atoms with Crippen molar-refractivity contribution in [3.63, 3.8) is 0 Å². The van der Waals surface area contributed by atoms with Gasteiger partial charge in [0.2, 0.25) is 0 Å². The summed E-state index contributed by atoms with van der Waals surface area (Å²) >= 11 is 0. The molecule has 0 aliphatic carbocycles. The molecule has 3 heteroatoms. The van der Waals surface area contributed by atoms with Gasteiger partial charge in [-0.2, -0.15) is 0 Å². The van der Waals surface area contributed by atoms with Gasteiger partial charge in [0.1, 0.15) is 0 Å². The highest BCUT2D eigenvalue weighted by Gasteiger charge is 2.29. The van der Waals surface area contributed by atoms with E-state index in [9.17, 15) is 0 Å². The van der Waals surface area contributed by atoms with E-state index < -0.39 is 0 Å². The van der Waals surface area contributed by atoms with Crippen molar-refractivity contribution >= 4 is 0 Å². The van der Waals surface area contributed by atoms with E-state index in [1.54, 1.807) is 0 Å². The summed E-state index contributed by atoms with van der Waals surface area (Å²) < 4.78 is 5.39. The molecule has 0 radical (unpaired) electrons. The Labute approximate surface area is 87.4 Å². The van der Waals surface area contributed by atoms with Gasteiger partial charge in [0.05, 0.1) is 6.61 Å². The quantitative estimate of drug-likeness (QED) is 0.695. The van der Waals surface area contributed by atoms with E-state index in [0.29, 0.717) is 11.8 Å². The van der Waals surface area contributed by atoms with E-state index in [-0.39, 0.29) is 5.54 Å². The smallest absolute Gasteiger partial charge is 0.0646 e. The maximum absolute atomic E-state index is 5.73. The van der Waals surface area contributed by atoms with E-state index in [1.807, 2.05) is 0 Å². The highest BCUT2D eigenvalue weighted by Crippen LogP contribution is 2.18. The summed E-state index contributed by atoms with van der Waals surface area (Å²) in [5.41, 5.74) is 5.91. The number of nitrogens with two attached hydrogens (primary N) is 1. The molecule has 1 heterocycles. The Morgan fingerprint density at radius 3 is 2.64 bits per heavy atom. The monoisotopic (exact) mass is 200 g/mol. The lowest BCUT2D eigenvalue weighted by molar-refractivity contribution is 0.168. The van der Waals surface area contributed by atoms with Gasteiger partial charge in [0, 0.05) is 12.1 Å². The Hall–Kier alpha value is -0.120. The van der Waals surface area contributed by atoms with Crippen molar-refractivity contribution in [2.24, 2.45) is 17.6 Å². The Bertz CT molecular complexity index is 165. The van der Waals surface area contributed by atoms with Gasteiger partial charge in [-0.15, -0.1) is 0 Å². The maximum Gasteiger partial charge on any atom is 0.0646 e. The second-order valence-corrected chi connectivity index (χ2v) is 4.98. The van der Waals surface area contributed by atoms with Gasteiger partial charge in [-0.3, -0.25) is 0 Å². The van der Waals surface area contributed by atoms with Gasteiger partial charge in [-0.1, -0.05) is 13.8 Å². The van der Waals surface area contributed by atoms with Gasteiger partial charge >= 0.3 is 0 Å². The average molecular weight is 200 g/mol. The maximum atomic E-state index is 5.73. The summed E-state index contributed by atoms with van der Waals surface area (Å²) in [6, 6.07) is 0. The van der Waals surface area contributed by atoms with Gasteiger partial charge in [-0.05, 0) is 38.3 Å². The fourth-order valence-corrected chi connectivity index (χ4v) is 1.78. The molecule has 1 rings (SSSR count). The summed E-state index contributed by atoms with van der Waals surface area (Å²) in [6.45, 7) is 10.2. The van der Waals surface area contributed by atoms with Crippen molar-refractivity contribution in [1.29, 1.82) is 0 Å². The molecule has 1 saturated heterocycles. The summed E-state index contributed by atoms with van der Waals surface area (Å²) in [7, 11) is 0. The van der Waals surface area contributed by atoms with Crippen molar-refractivity contribution < 1.29 is 4.74 Å². The third-order valence-corrected chi connectivity index (χ3v) is 3.26. The second kappa shape index (κ2) is 5.10. The summed E-state index contributed by atoms with van der Waals surface area (Å²) in [5.74, 6) is 1.23. The van der Waals surface area contributed by atoms with Gasteiger partial charge in [0.15, 0.2) is 0 Å². The van der Waals surface area contributed by atoms with E-state index in [2.05, 4.69) is 26.1 Å². The molecule has 84 valence electrons. The molecule has 1 aliphatic heterocycles. The molecule has 0 saturated carbocycles. The molecule has 0 aromatic carbocycles. The van der Waals surface area contributed by atoms with Crippen LogP contribution in [0.2, 0.25) is 0 Å². The highest BCUT2D eigenvalue weighted by atomic mass is 16.5. The van der Waals surface area contributed by atoms with Crippen LogP contribution in [0.15, 0.2) is 0 Å². The molecule has 0 bridgehead atoms. The molecule has 1 fully saturated rings. The van der Waals surface area contributed by atoms with Gasteiger partial charge < -0.3 is 15.8 Å².